The largest absolute Gasteiger partial charge is 0.480 e. The molecule has 0 aromatic heterocycles. The molecule has 0 aliphatic rings. The molecule has 0 aliphatic carbocycles. The maximum atomic E-state index is 12.9. The third-order valence-electron chi connectivity index (χ3n) is 4.40. The smallest absolute Gasteiger partial charge is 0.322 e. The highest BCUT2D eigenvalue weighted by Gasteiger charge is 2.28. The van der Waals surface area contributed by atoms with E-state index in [1.54, 1.807) is 0 Å². The van der Waals surface area contributed by atoms with E-state index >= 15 is 0 Å². The zero-order valence-corrected chi connectivity index (χ0v) is 18.6. The lowest BCUT2D eigenvalue weighted by Gasteiger charge is -2.25. The van der Waals surface area contributed by atoms with Crippen LogP contribution in [0.2, 0.25) is 0 Å². The Morgan fingerprint density at radius 2 is 1.40 bits per heavy atom. The molecule has 0 saturated heterocycles. The Bertz CT molecular complexity index is 568. The van der Waals surface area contributed by atoms with E-state index in [-0.39, 0.29) is 11.8 Å². The van der Waals surface area contributed by atoms with Gasteiger partial charge in [-0.25, -0.2) is 0 Å². The fourth-order valence-corrected chi connectivity index (χ4v) is 2.92. The molecule has 0 aliphatic heterocycles. The Hall–Kier alpha value is -2.20. The standard InChI is InChI=1S/C20H39N5O5/c1-12(2)9-14(22)18(28)24-15(7-5-6-8-21)20(30)25-16(10-13(3)4)19(29)23-11-17(26)27/h12-16H,5-11,21-22H2,1-4H3,(H,23,29)(H,24,28)(H,25,30)(H,26,27). The average molecular weight is 430 g/mol. The van der Waals surface area contributed by atoms with E-state index in [9.17, 15) is 19.2 Å². The molecule has 0 aromatic rings. The number of aliphatic carboxylic acids is 1. The van der Waals surface area contributed by atoms with Crippen molar-refractivity contribution < 1.29 is 24.3 Å². The molecule has 0 heterocycles. The second kappa shape index (κ2) is 14.7. The van der Waals surface area contributed by atoms with Gasteiger partial charge in [-0.1, -0.05) is 27.7 Å². The molecule has 10 nitrogen and oxygen atoms in total. The van der Waals surface area contributed by atoms with E-state index in [0.717, 1.165) is 0 Å². The molecule has 0 rings (SSSR count). The number of rotatable bonds is 15. The van der Waals surface area contributed by atoms with Crippen molar-refractivity contribution in [1.82, 2.24) is 16.0 Å². The summed E-state index contributed by atoms with van der Waals surface area (Å²) < 4.78 is 0. The minimum atomic E-state index is -1.18. The normalized spacial score (nSPS) is 14.1. The van der Waals surface area contributed by atoms with Crippen molar-refractivity contribution in [3.05, 3.63) is 0 Å². The summed E-state index contributed by atoms with van der Waals surface area (Å²) in [6.07, 6.45) is 2.47. The number of hydrogen-bond acceptors (Lipinski definition) is 6. The van der Waals surface area contributed by atoms with Gasteiger partial charge in [0.2, 0.25) is 17.7 Å². The second-order valence-corrected chi connectivity index (χ2v) is 8.38. The van der Waals surface area contributed by atoms with E-state index in [1.165, 1.54) is 0 Å². The van der Waals surface area contributed by atoms with Crippen LogP contribution in [0.4, 0.5) is 0 Å². The number of nitrogens with one attached hydrogen (secondary N) is 3. The summed E-state index contributed by atoms with van der Waals surface area (Å²) >= 11 is 0. The van der Waals surface area contributed by atoms with Crippen LogP contribution in [0.5, 0.6) is 0 Å². The third kappa shape index (κ3) is 12.4. The van der Waals surface area contributed by atoms with Crippen molar-refractivity contribution in [1.29, 1.82) is 0 Å². The summed E-state index contributed by atoms with van der Waals surface area (Å²) in [5.41, 5.74) is 11.4. The predicted molar refractivity (Wildman–Crippen MR) is 114 cm³/mol. The molecule has 174 valence electrons. The summed E-state index contributed by atoms with van der Waals surface area (Å²) in [4.78, 5) is 48.3. The molecule has 8 N–H and O–H groups in total. The molecule has 0 radical (unpaired) electrons. The van der Waals surface area contributed by atoms with Crippen LogP contribution in [0.1, 0.15) is 59.8 Å². The number of carboxylic acid groups (broad SMARTS) is 1. The van der Waals surface area contributed by atoms with Gasteiger partial charge in [0.05, 0.1) is 6.04 Å². The number of hydrogen-bond donors (Lipinski definition) is 6. The molecular weight excluding hydrogens is 390 g/mol. The van der Waals surface area contributed by atoms with Gasteiger partial charge >= 0.3 is 5.97 Å². The van der Waals surface area contributed by atoms with E-state index in [2.05, 4.69) is 16.0 Å². The summed E-state index contributed by atoms with van der Waals surface area (Å²) in [6.45, 7) is 7.59. The number of nitrogens with two attached hydrogens (primary N) is 2. The van der Waals surface area contributed by atoms with Gasteiger partial charge in [-0.2, -0.15) is 0 Å². The Kier molecular flexibility index (Phi) is 13.7. The average Bonchev–Trinajstić information content (AvgIpc) is 2.63. The van der Waals surface area contributed by atoms with Gasteiger partial charge in [-0.3, -0.25) is 19.2 Å². The first-order chi connectivity index (χ1) is 14.0. The monoisotopic (exact) mass is 429 g/mol. The quantitative estimate of drug-likeness (QED) is 0.194. The maximum absolute atomic E-state index is 12.9. The number of carbonyl (C=O) groups is 4. The Balaban J connectivity index is 5.23. The number of unbranched alkanes of at least 4 members (excludes halogenated alkanes) is 1. The summed E-state index contributed by atoms with van der Waals surface area (Å²) in [7, 11) is 0. The molecule has 30 heavy (non-hydrogen) atoms. The van der Waals surface area contributed by atoms with Crippen LogP contribution in [0.25, 0.3) is 0 Å². The van der Waals surface area contributed by atoms with Crippen LogP contribution in [0, 0.1) is 11.8 Å². The van der Waals surface area contributed by atoms with Crippen LogP contribution in [0.3, 0.4) is 0 Å². The van der Waals surface area contributed by atoms with Gasteiger partial charge in [-0.05, 0) is 50.5 Å². The molecule has 0 fully saturated rings. The predicted octanol–water partition coefficient (Wildman–Crippen LogP) is -0.295. The fraction of sp³-hybridized carbons (Fsp3) is 0.800. The third-order valence-corrected chi connectivity index (χ3v) is 4.40. The molecule has 0 saturated carbocycles. The van der Waals surface area contributed by atoms with Crippen LogP contribution < -0.4 is 27.4 Å². The van der Waals surface area contributed by atoms with Crippen molar-refractivity contribution in [2.45, 2.75) is 77.9 Å². The highest BCUT2D eigenvalue weighted by Crippen LogP contribution is 2.09. The van der Waals surface area contributed by atoms with Gasteiger partial charge in [0.1, 0.15) is 18.6 Å². The second-order valence-electron chi connectivity index (χ2n) is 8.38. The minimum absolute atomic E-state index is 0.0793. The number of amides is 3. The highest BCUT2D eigenvalue weighted by atomic mass is 16.4. The van der Waals surface area contributed by atoms with Crippen LogP contribution in [-0.4, -0.2) is 60.0 Å². The Morgan fingerprint density at radius 3 is 1.90 bits per heavy atom. The lowest BCUT2D eigenvalue weighted by atomic mass is 10.0. The van der Waals surface area contributed by atoms with Crippen LogP contribution in [-0.2, 0) is 19.2 Å². The topological polar surface area (TPSA) is 177 Å². The van der Waals surface area contributed by atoms with Gasteiger partial charge in [0, 0.05) is 0 Å². The fourth-order valence-electron chi connectivity index (χ4n) is 2.92. The van der Waals surface area contributed by atoms with Gasteiger partial charge in [-0.15, -0.1) is 0 Å². The van der Waals surface area contributed by atoms with Crippen molar-refractivity contribution in [3.63, 3.8) is 0 Å². The van der Waals surface area contributed by atoms with Crippen molar-refractivity contribution >= 4 is 23.7 Å². The van der Waals surface area contributed by atoms with Crippen LogP contribution in [0.15, 0.2) is 0 Å². The molecule has 10 heteroatoms. The van der Waals surface area contributed by atoms with E-state index in [1.807, 2.05) is 27.7 Å². The van der Waals surface area contributed by atoms with E-state index in [0.29, 0.717) is 38.6 Å². The zero-order chi connectivity index (χ0) is 23.3. The van der Waals surface area contributed by atoms with Gasteiger partial charge < -0.3 is 32.5 Å². The Morgan fingerprint density at radius 1 is 0.833 bits per heavy atom. The number of carbonyl (C=O) groups excluding carboxylic acids is 3. The lowest BCUT2D eigenvalue weighted by Crippen LogP contribution is -2.56. The molecular formula is C20H39N5O5. The summed E-state index contributed by atoms with van der Waals surface area (Å²) in [5, 5.41) is 16.4. The molecule has 3 amide bonds. The molecule has 3 atom stereocenters. The molecule has 0 bridgehead atoms. The molecule has 0 aromatic carbocycles. The van der Waals surface area contributed by atoms with Crippen molar-refractivity contribution in [3.8, 4) is 0 Å². The van der Waals surface area contributed by atoms with Crippen molar-refractivity contribution in [2.75, 3.05) is 13.1 Å². The minimum Gasteiger partial charge on any atom is -0.480 e. The highest BCUT2D eigenvalue weighted by molar-refractivity contribution is 5.93. The Labute approximate surface area is 178 Å². The first-order valence-electron chi connectivity index (χ1n) is 10.5. The maximum Gasteiger partial charge on any atom is 0.322 e. The first kappa shape index (κ1) is 27.8. The molecule has 3 unspecified atom stereocenters. The lowest BCUT2D eigenvalue weighted by molar-refractivity contribution is -0.138. The summed E-state index contributed by atoms with van der Waals surface area (Å²) in [6, 6.07) is -2.50. The van der Waals surface area contributed by atoms with Crippen molar-refractivity contribution in [2.24, 2.45) is 23.3 Å². The zero-order valence-electron chi connectivity index (χ0n) is 18.6. The van der Waals surface area contributed by atoms with Gasteiger partial charge in [0.15, 0.2) is 0 Å². The first-order valence-corrected chi connectivity index (χ1v) is 10.5. The van der Waals surface area contributed by atoms with Gasteiger partial charge in [0.25, 0.3) is 0 Å². The molecule has 0 spiro atoms. The summed E-state index contributed by atoms with van der Waals surface area (Å²) in [5.74, 6) is -2.38. The van der Waals surface area contributed by atoms with E-state index in [4.69, 9.17) is 16.6 Å². The number of carboxylic acids is 1. The SMILES string of the molecule is CC(C)CC(N)C(=O)NC(CCCCN)C(=O)NC(CC(C)C)C(=O)NCC(=O)O. The van der Waals surface area contributed by atoms with Crippen LogP contribution >= 0.6 is 0 Å². The van der Waals surface area contributed by atoms with E-state index < -0.39 is 48.4 Å².